The number of nitrogens with one attached hydrogen (secondary N) is 2. The molecule has 0 saturated carbocycles. The van der Waals surface area contributed by atoms with Gasteiger partial charge in [-0.2, -0.15) is 4.98 Å². The number of halogens is 2. The van der Waals surface area contributed by atoms with Gasteiger partial charge in [-0.15, -0.1) is 5.10 Å². The average Bonchev–Trinajstić information content (AvgIpc) is 3.21. The van der Waals surface area contributed by atoms with E-state index in [1.165, 1.54) is 24.3 Å². The summed E-state index contributed by atoms with van der Waals surface area (Å²) in [5, 5.41) is 10.3. The highest BCUT2D eigenvalue weighted by Gasteiger charge is 2.31. The van der Waals surface area contributed by atoms with Crippen molar-refractivity contribution in [2.45, 2.75) is 25.9 Å². The molecule has 0 spiro atoms. The van der Waals surface area contributed by atoms with Crippen LogP contribution in [0.2, 0.25) is 5.02 Å². The van der Waals surface area contributed by atoms with E-state index in [0.717, 1.165) is 5.56 Å². The predicted octanol–water partition coefficient (Wildman–Crippen LogP) is 4.93. The summed E-state index contributed by atoms with van der Waals surface area (Å²) < 4.78 is 14.8. The summed E-state index contributed by atoms with van der Waals surface area (Å²) in [6.45, 7) is 3.52. The molecule has 9 heteroatoms. The molecule has 35 heavy (non-hydrogen) atoms. The van der Waals surface area contributed by atoms with Gasteiger partial charge >= 0.3 is 0 Å². The predicted molar refractivity (Wildman–Crippen MR) is 133 cm³/mol. The SMILES string of the molecule is CC(C)(NC(=O)c1ccc(F)cc1)C(=O)Nc1nc(-c2ccccc2Cl)n(Cc2ccccc2)n1. The smallest absolute Gasteiger partial charge is 0.252 e. The monoisotopic (exact) mass is 491 g/mol. The number of carbonyl (C=O) groups excluding carboxylic acids is 2. The Morgan fingerprint density at radius 1 is 0.971 bits per heavy atom. The van der Waals surface area contributed by atoms with E-state index >= 15 is 0 Å². The number of hydrogen-bond donors (Lipinski definition) is 2. The van der Waals surface area contributed by atoms with Crippen molar-refractivity contribution >= 4 is 29.4 Å². The Morgan fingerprint density at radius 2 is 1.63 bits per heavy atom. The third-order valence-electron chi connectivity index (χ3n) is 5.29. The average molecular weight is 492 g/mol. The van der Waals surface area contributed by atoms with Crippen molar-refractivity contribution in [2.75, 3.05) is 5.32 Å². The molecule has 2 amide bonds. The first kappa shape index (κ1) is 24.1. The van der Waals surface area contributed by atoms with Gasteiger partial charge in [0.05, 0.1) is 11.6 Å². The van der Waals surface area contributed by atoms with E-state index in [0.29, 0.717) is 23.0 Å². The molecule has 1 aromatic heterocycles. The first-order valence-corrected chi connectivity index (χ1v) is 11.2. The molecule has 7 nitrogen and oxygen atoms in total. The minimum Gasteiger partial charge on any atom is -0.338 e. The number of aromatic nitrogens is 3. The second kappa shape index (κ2) is 10.1. The van der Waals surface area contributed by atoms with Crippen LogP contribution in [0.5, 0.6) is 0 Å². The fourth-order valence-corrected chi connectivity index (χ4v) is 3.60. The molecule has 0 saturated heterocycles. The number of anilines is 1. The first-order valence-electron chi connectivity index (χ1n) is 10.9. The van der Waals surface area contributed by atoms with Crippen LogP contribution in [0.25, 0.3) is 11.4 Å². The van der Waals surface area contributed by atoms with Crippen LogP contribution in [0.3, 0.4) is 0 Å². The zero-order valence-electron chi connectivity index (χ0n) is 19.1. The van der Waals surface area contributed by atoms with Crippen LogP contribution < -0.4 is 10.6 Å². The molecule has 0 fully saturated rings. The lowest BCUT2D eigenvalue weighted by Gasteiger charge is -2.24. The molecule has 0 aliphatic rings. The molecule has 0 aliphatic carbocycles. The maximum absolute atomic E-state index is 13.2. The topological polar surface area (TPSA) is 88.9 Å². The van der Waals surface area contributed by atoms with Gasteiger partial charge < -0.3 is 5.32 Å². The fraction of sp³-hybridized carbons (Fsp3) is 0.154. The molecular weight excluding hydrogens is 469 g/mol. The van der Waals surface area contributed by atoms with Gasteiger partial charge in [0.1, 0.15) is 11.4 Å². The lowest BCUT2D eigenvalue weighted by atomic mass is 10.0. The molecule has 1 heterocycles. The van der Waals surface area contributed by atoms with Gasteiger partial charge in [0.15, 0.2) is 5.82 Å². The van der Waals surface area contributed by atoms with Crippen LogP contribution in [0, 0.1) is 5.82 Å². The van der Waals surface area contributed by atoms with Gasteiger partial charge in [-0.05, 0) is 55.8 Å². The van der Waals surface area contributed by atoms with Crippen molar-refractivity contribution in [3.05, 3.63) is 101 Å². The van der Waals surface area contributed by atoms with Crippen LogP contribution in [0.1, 0.15) is 29.8 Å². The Hall–Kier alpha value is -4.04. The van der Waals surface area contributed by atoms with Crippen molar-refractivity contribution in [1.82, 2.24) is 20.1 Å². The molecule has 0 atom stereocenters. The number of hydrogen-bond acceptors (Lipinski definition) is 4. The highest BCUT2D eigenvalue weighted by molar-refractivity contribution is 6.33. The molecule has 0 bridgehead atoms. The summed E-state index contributed by atoms with van der Waals surface area (Å²) in [7, 11) is 0. The van der Waals surface area contributed by atoms with E-state index in [9.17, 15) is 14.0 Å². The first-order chi connectivity index (χ1) is 16.7. The van der Waals surface area contributed by atoms with Gasteiger partial charge in [0, 0.05) is 11.1 Å². The van der Waals surface area contributed by atoms with E-state index in [1.807, 2.05) is 48.5 Å². The summed E-state index contributed by atoms with van der Waals surface area (Å²) in [4.78, 5) is 30.1. The highest BCUT2D eigenvalue weighted by atomic mass is 35.5. The summed E-state index contributed by atoms with van der Waals surface area (Å²) >= 11 is 6.41. The molecule has 178 valence electrons. The lowest BCUT2D eigenvalue weighted by molar-refractivity contribution is -0.121. The summed E-state index contributed by atoms with van der Waals surface area (Å²) in [6.07, 6.45) is 0. The fourth-order valence-electron chi connectivity index (χ4n) is 3.38. The molecule has 0 unspecified atom stereocenters. The number of nitrogens with zero attached hydrogens (tertiary/aromatic N) is 3. The van der Waals surface area contributed by atoms with Gasteiger partial charge in [-0.1, -0.05) is 54.1 Å². The van der Waals surface area contributed by atoms with E-state index in [-0.39, 0.29) is 11.5 Å². The van der Waals surface area contributed by atoms with Gasteiger partial charge in [0.25, 0.3) is 11.8 Å². The second-order valence-electron chi connectivity index (χ2n) is 8.42. The minimum atomic E-state index is -1.30. The third-order valence-corrected chi connectivity index (χ3v) is 5.62. The summed E-state index contributed by atoms with van der Waals surface area (Å²) in [6, 6.07) is 22.0. The largest absolute Gasteiger partial charge is 0.338 e. The van der Waals surface area contributed by atoms with Gasteiger partial charge in [0.2, 0.25) is 5.95 Å². The minimum absolute atomic E-state index is 0.0740. The van der Waals surface area contributed by atoms with Crippen molar-refractivity contribution < 1.29 is 14.0 Å². The van der Waals surface area contributed by atoms with Crippen molar-refractivity contribution in [2.24, 2.45) is 0 Å². The van der Waals surface area contributed by atoms with E-state index < -0.39 is 23.2 Å². The number of benzene rings is 3. The van der Waals surface area contributed by atoms with Crippen LogP contribution >= 0.6 is 11.6 Å². The highest BCUT2D eigenvalue weighted by Crippen LogP contribution is 2.27. The molecule has 4 rings (SSSR count). The zero-order valence-corrected chi connectivity index (χ0v) is 19.9. The van der Waals surface area contributed by atoms with Crippen molar-refractivity contribution in [1.29, 1.82) is 0 Å². The second-order valence-corrected chi connectivity index (χ2v) is 8.83. The van der Waals surface area contributed by atoms with Gasteiger partial charge in [-0.25, -0.2) is 9.07 Å². The Balaban J connectivity index is 1.57. The van der Waals surface area contributed by atoms with Crippen molar-refractivity contribution in [3.8, 4) is 11.4 Å². The summed E-state index contributed by atoms with van der Waals surface area (Å²) in [5.74, 6) is -0.919. The van der Waals surface area contributed by atoms with Crippen LogP contribution in [0.15, 0.2) is 78.9 Å². The quantitative estimate of drug-likeness (QED) is 0.383. The maximum Gasteiger partial charge on any atom is 0.252 e. The van der Waals surface area contributed by atoms with Crippen molar-refractivity contribution in [3.63, 3.8) is 0 Å². The summed E-state index contributed by atoms with van der Waals surface area (Å²) in [5.41, 5.74) is 0.594. The molecule has 0 aliphatic heterocycles. The Bertz CT molecular complexity index is 1350. The van der Waals surface area contributed by atoms with Gasteiger partial charge in [-0.3, -0.25) is 14.9 Å². The van der Waals surface area contributed by atoms with Crippen LogP contribution in [-0.4, -0.2) is 32.1 Å². The Morgan fingerprint density at radius 3 is 2.31 bits per heavy atom. The molecule has 0 radical (unpaired) electrons. The third kappa shape index (κ3) is 5.73. The standard InChI is InChI=1S/C26H23ClFN5O2/c1-26(2,31-23(34)18-12-14-19(28)15-13-18)24(35)30-25-29-22(20-10-6-7-11-21(20)27)33(32-25)16-17-8-4-3-5-9-17/h3-15H,16H2,1-2H3,(H,31,34)(H,30,32,35). The maximum atomic E-state index is 13.2. The Labute approximate surface area is 207 Å². The normalized spacial score (nSPS) is 11.2. The zero-order chi connectivity index (χ0) is 25.0. The molecule has 3 aromatic carbocycles. The van der Waals surface area contributed by atoms with E-state index in [4.69, 9.17) is 11.6 Å². The van der Waals surface area contributed by atoms with Crippen LogP contribution in [-0.2, 0) is 11.3 Å². The molecule has 4 aromatic rings. The number of amides is 2. The van der Waals surface area contributed by atoms with E-state index in [2.05, 4.69) is 20.7 Å². The molecular formula is C26H23ClFN5O2. The number of carbonyl (C=O) groups is 2. The van der Waals surface area contributed by atoms with E-state index in [1.54, 1.807) is 24.6 Å². The number of rotatable bonds is 7. The van der Waals surface area contributed by atoms with Crippen LogP contribution in [0.4, 0.5) is 10.3 Å². The lowest BCUT2D eigenvalue weighted by Crippen LogP contribution is -2.52. The molecule has 2 N–H and O–H groups in total. The Kier molecular flexibility index (Phi) is 6.93.